The van der Waals surface area contributed by atoms with Crippen LogP contribution in [0.5, 0.6) is 0 Å². The van der Waals surface area contributed by atoms with E-state index in [9.17, 15) is 14.4 Å². The lowest BCUT2D eigenvalue weighted by Gasteiger charge is -2.28. The van der Waals surface area contributed by atoms with E-state index in [-0.39, 0.29) is 28.4 Å². The molecule has 2 fully saturated rings. The number of fused-ring (bicyclic) bond motifs is 2. The van der Waals surface area contributed by atoms with E-state index in [1.165, 1.54) is 38.5 Å². The van der Waals surface area contributed by atoms with Crippen molar-refractivity contribution in [2.75, 3.05) is 52.5 Å². The van der Waals surface area contributed by atoms with Gasteiger partial charge in [-0.05, 0) is 88.3 Å². The van der Waals surface area contributed by atoms with Gasteiger partial charge >= 0.3 is 11.9 Å². The number of hydrogen-bond donors (Lipinski definition) is 0. The highest BCUT2D eigenvalue weighted by Gasteiger charge is 2.19. The number of piperidine rings is 2. The maximum Gasteiger partial charge on any atom is 0.338 e. The topological polar surface area (TPSA) is 89.3 Å². The van der Waals surface area contributed by atoms with E-state index in [0.717, 1.165) is 39.3 Å². The fourth-order valence-electron chi connectivity index (χ4n) is 5.98. The minimum atomic E-state index is -0.448. The van der Waals surface area contributed by atoms with Crippen LogP contribution < -0.4 is 5.43 Å². The summed E-state index contributed by atoms with van der Waals surface area (Å²) in [6, 6.07) is 9.47. The number of rotatable bonds is 10. The van der Waals surface area contributed by atoms with Crippen molar-refractivity contribution >= 4 is 33.9 Å². The Balaban J connectivity index is 1.23. The van der Waals surface area contributed by atoms with E-state index in [0.29, 0.717) is 35.1 Å². The molecule has 0 aliphatic carbocycles. The van der Waals surface area contributed by atoms with Crippen LogP contribution in [-0.4, -0.2) is 74.2 Å². The number of carbonyl (C=O) groups is 2. The van der Waals surface area contributed by atoms with Gasteiger partial charge in [-0.15, -0.1) is 0 Å². The van der Waals surface area contributed by atoms with E-state index in [2.05, 4.69) is 23.6 Å². The van der Waals surface area contributed by atoms with Gasteiger partial charge < -0.3 is 23.7 Å². The molecule has 220 valence electrons. The molecule has 2 aromatic carbocycles. The van der Waals surface area contributed by atoms with Crippen LogP contribution in [0.4, 0.5) is 0 Å². The Hall–Kier alpha value is -3.23. The Morgan fingerprint density at radius 3 is 1.54 bits per heavy atom. The summed E-state index contributed by atoms with van der Waals surface area (Å²) in [6.07, 6.45) is 7.48. The molecular formula is C33H42N2O6. The molecule has 0 N–H and O–H groups in total. The van der Waals surface area contributed by atoms with Crippen LogP contribution in [0.25, 0.3) is 21.9 Å². The maximum absolute atomic E-state index is 13.2. The van der Waals surface area contributed by atoms with Gasteiger partial charge in [-0.1, -0.05) is 26.7 Å². The van der Waals surface area contributed by atoms with E-state index in [1.807, 2.05) is 0 Å². The first kappa shape index (κ1) is 29.3. The second-order valence-corrected chi connectivity index (χ2v) is 12.0. The van der Waals surface area contributed by atoms with E-state index in [4.69, 9.17) is 13.9 Å². The summed E-state index contributed by atoms with van der Waals surface area (Å²) in [5.74, 6) is -0.442. The average molecular weight is 563 g/mol. The lowest BCUT2D eigenvalue weighted by atomic mass is 10.1. The molecule has 3 aromatic rings. The van der Waals surface area contributed by atoms with Crippen molar-refractivity contribution in [3.05, 3.63) is 57.7 Å². The second kappa shape index (κ2) is 13.6. The highest BCUT2D eigenvalue weighted by molar-refractivity contribution is 5.98. The number of benzene rings is 2. The van der Waals surface area contributed by atoms with Crippen LogP contribution in [0.1, 0.15) is 73.1 Å². The minimum Gasteiger partial charge on any atom is -0.462 e. The molecule has 0 amide bonds. The fourth-order valence-corrected chi connectivity index (χ4v) is 5.98. The van der Waals surface area contributed by atoms with Gasteiger partial charge in [-0.2, -0.15) is 0 Å². The van der Waals surface area contributed by atoms with Crippen LogP contribution >= 0.6 is 0 Å². The van der Waals surface area contributed by atoms with Crippen molar-refractivity contribution in [3.8, 4) is 0 Å². The first-order valence-corrected chi connectivity index (χ1v) is 15.2. The molecule has 2 atom stereocenters. The number of esters is 2. The summed E-state index contributed by atoms with van der Waals surface area (Å²) in [5.41, 5.74) is 0.983. The van der Waals surface area contributed by atoms with Crippen LogP contribution in [0.15, 0.2) is 45.6 Å². The maximum atomic E-state index is 13.2. The third-order valence-corrected chi connectivity index (χ3v) is 8.18. The predicted molar refractivity (Wildman–Crippen MR) is 159 cm³/mol. The van der Waals surface area contributed by atoms with Crippen molar-refractivity contribution in [2.24, 2.45) is 11.8 Å². The minimum absolute atomic E-state index is 0.216. The van der Waals surface area contributed by atoms with Gasteiger partial charge in [0.05, 0.1) is 35.1 Å². The standard InChI is InChI=1S/C33H42N2O6/c1-23(19-34-13-5-3-6-14-34)21-39-32(37)25-9-11-27-29(17-25)41-30-18-26(10-12-28(30)31(27)36)33(38)40-22-24(2)20-35-15-7-4-8-16-35/h9-12,17-18,23-24H,3-8,13-16,19-22H2,1-2H3. The Morgan fingerprint density at radius 2 is 1.12 bits per heavy atom. The summed E-state index contributed by atoms with van der Waals surface area (Å²) in [7, 11) is 0. The molecule has 5 rings (SSSR count). The van der Waals surface area contributed by atoms with Gasteiger partial charge in [0.25, 0.3) is 0 Å². The molecule has 0 radical (unpaired) electrons. The molecule has 2 aliphatic rings. The second-order valence-electron chi connectivity index (χ2n) is 12.0. The van der Waals surface area contributed by atoms with Crippen molar-refractivity contribution in [1.29, 1.82) is 0 Å². The molecule has 0 spiro atoms. The van der Waals surface area contributed by atoms with Gasteiger partial charge in [0.15, 0.2) is 0 Å². The zero-order valence-electron chi connectivity index (χ0n) is 24.4. The van der Waals surface area contributed by atoms with Crippen LogP contribution in [0.2, 0.25) is 0 Å². The third kappa shape index (κ3) is 7.54. The first-order chi connectivity index (χ1) is 19.9. The Morgan fingerprint density at radius 1 is 0.707 bits per heavy atom. The summed E-state index contributed by atoms with van der Waals surface area (Å²) < 4.78 is 17.2. The average Bonchev–Trinajstić information content (AvgIpc) is 2.99. The molecule has 8 heteroatoms. The van der Waals surface area contributed by atoms with Crippen molar-refractivity contribution in [3.63, 3.8) is 0 Å². The predicted octanol–water partition coefficient (Wildman–Crippen LogP) is 5.50. The lowest BCUT2D eigenvalue weighted by Crippen LogP contribution is -2.34. The summed E-state index contributed by atoms with van der Waals surface area (Å²) in [5, 5.41) is 0.740. The van der Waals surface area contributed by atoms with Gasteiger partial charge in [0.2, 0.25) is 5.43 Å². The van der Waals surface area contributed by atoms with Crippen molar-refractivity contribution in [1.82, 2.24) is 9.80 Å². The monoisotopic (exact) mass is 562 g/mol. The number of hydrogen-bond acceptors (Lipinski definition) is 8. The molecule has 41 heavy (non-hydrogen) atoms. The highest BCUT2D eigenvalue weighted by Crippen LogP contribution is 2.22. The Bertz CT molecular complexity index is 1320. The lowest BCUT2D eigenvalue weighted by molar-refractivity contribution is 0.0407. The van der Waals surface area contributed by atoms with Crippen LogP contribution in [-0.2, 0) is 9.47 Å². The van der Waals surface area contributed by atoms with E-state index >= 15 is 0 Å². The molecular weight excluding hydrogens is 520 g/mol. The van der Waals surface area contributed by atoms with Gasteiger partial charge in [0.1, 0.15) is 11.2 Å². The molecule has 2 saturated heterocycles. The van der Waals surface area contributed by atoms with E-state index < -0.39 is 11.9 Å². The summed E-state index contributed by atoms with van der Waals surface area (Å²) in [4.78, 5) is 43.6. The smallest absolute Gasteiger partial charge is 0.338 e. The van der Waals surface area contributed by atoms with Gasteiger partial charge in [-0.3, -0.25) is 4.79 Å². The quantitative estimate of drug-likeness (QED) is 0.236. The molecule has 2 aliphatic heterocycles. The molecule has 8 nitrogen and oxygen atoms in total. The SMILES string of the molecule is CC(COC(=O)c1ccc2c(=O)c3ccc(C(=O)OCC(C)CN4CCCCC4)cc3oc2c1)CN1CCCCC1. The van der Waals surface area contributed by atoms with Crippen molar-refractivity contribution in [2.45, 2.75) is 52.4 Å². The number of ether oxygens (including phenoxy) is 2. The van der Waals surface area contributed by atoms with E-state index in [1.54, 1.807) is 36.4 Å². The molecule has 0 saturated carbocycles. The summed E-state index contributed by atoms with van der Waals surface area (Å²) >= 11 is 0. The number of nitrogens with zero attached hydrogens (tertiary/aromatic N) is 2. The Kier molecular flexibility index (Phi) is 9.72. The molecule has 0 bridgehead atoms. The highest BCUT2D eigenvalue weighted by atomic mass is 16.5. The van der Waals surface area contributed by atoms with Gasteiger partial charge in [-0.25, -0.2) is 9.59 Å². The van der Waals surface area contributed by atoms with Gasteiger partial charge in [0, 0.05) is 24.9 Å². The Labute approximate surface area is 241 Å². The molecule has 2 unspecified atom stereocenters. The van der Waals surface area contributed by atoms with Crippen molar-refractivity contribution < 1.29 is 23.5 Å². The third-order valence-electron chi connectivity index (χ3n) is 8.18. The zero-order chi connectivity index (χ0) is 28.8. The number of likely N-dealkylation sites (tertiary alicyclic amines) is 2. The van der Waals surface area contributed by atoms with Crippen LogP contribution in [0, 0.1) is 11.8 Å². The largest absolute Gasteiger partial charge is 0.462 e. The van der Waals surface area contributed by atoms with Crippen LogP contribution in [0.3, 0.4) is 0 Å². The normalized spacial score (nSPS) is 18.3. The summed E-state index contributed by atoms with van der Waals surface area (Å²) in [6.45, 7) is 11.1. The fraction of sp³-hybridized carbons (Fsp3) is 0.545. The first-order valence-electron chi connectivity index (χ1n) is 15.2. The zero-order valence-corrected chi connectivity index (χ0v) is 24.4. The molecule has 3 heterocycles. The molecule has 1 aromatic heterocycles. The number of carbonyl (C=O) groups excluding carboxylic acids is 2.